The van der Waals surface area contributed by atoms with E-state index in [1.807, 2.05) is 18.2 Å². The van der Waals surface area contributed by atoms with Crippen LogP contribution >= 0.6 is 0 Å². The van der Waals surface area contributed by atoms with Gasteiger partial charge in [0, 0.05) is 0 Å². The number of hydrogen-bond acceptors (Lipinski definition) is 4. The summed E-state index contributed by atoms with van der Waals surface area (Å²) in [5.74, 6) is 0.165. The van der Waals surface area contributed by atoms with E-state index in [4.69, 9.17) is 0 Å². The number of benzene rings is 1. The normalized spacial score (nSPS) is 10.2. The summed E-state index contributed by atoms with van der Waals surface area (Å²) >= 11 is 0. The molecule has 0 saturated heterocycles. The van der Waals surface area contributed by atoms with Crippen molar-refractivity contribution in [2.75, 3.05) is 0 Å². The summed E-state index contributed by atoms with van der Waals surface area (Å²) in [5.41, 5.74) is 2.05. The number of rotatable bonds is 1. The summed E-state index contributed by atoms with van der Waals surface area (Å²) in [6.07, 6.45) is 0. The molecule has 0 atom stereocenters. The monoisotopic (exact) mass is 173 g/mol. The highest BCUT2D eigenvalue weighted by Gasteiger charge is 2.03. The maximum atomic E-state index is 10.3. The molecule has 2 aromatic rings. The van der Waals surface area contributed by atoms with Crippen molar-refractivity contribution in [1.82, 2.24) is 9.97 Å². The molecule has 0 aliphatic carbocycles. The zero-order valence-corrected chi connectivity index (χ0v) is 7.06. The van der Waals surface area contributed by atoms with E-state index in [0.29, 0.717) is 11.2 Å². The van der Waals surface area contributed by atoms with Gasteiger partial charge in [0.1, 0.15) is 0 Å². The molecule has 4 nitrogen and oxygen atoms in total. The summed E-state index contributed by atoms with van der Waals surface area (Å²) in [6, 6.07) is 7.38. The molecule has 4 heteroatoms. The maximum absolute atomic E-state index is 10.3. The first kappa shape index (κ1) is 7.79. The predicted octanol–water partition coefficient (Wildman–Crippen LogP) is 2.34. The highest BCUT2D eigenvalue weighted by molar-refractivity contribution is 5.75. The topological polar surface area (TPSA) is 55.2 Å². The van der Waals surface area contributed by atoms with Crippen LogP contribution in [0.4, 0.5) is 5.82 Å². The van der Waals surface area contributed by atoms with Crippen LogP contribution < -0.4 is 0 Å². The van der Waals surface area contributed by atoms with Crippen LogP contribution in [0.3, 0.4) is 0 Å². The molecule has 0 aliphatic rings. The summed E-state index contributed by atoms with van der Waals surface area (Å²) in [5, 5.41) is 2.80. The third-order valence-corrected chi connectivity index (χ3v) is 1.81. The van der Waals surface area contributed by atoms with E-state index >= 15 is 0 Å². The first-order valence-corrected chi connectivity index (χ1v) is 3.88. The Hall–Kier alpha value is -1.84. The van der Waals surface area contributed by atoms with Crippen LogP contribution in [0, 0.1) is 11.8 Å². The number of aromatic nitrogens is 2. The number of nitrogens with zero attached hydrogens (tertiary/aromatic N) is 3. The summed E-state index contributed by atoms with van der Waals surface area (Å²) in [4.78, 5) is 18.6. The van der Waals surface area contributed by atoms with Crippen LogP contribution in [-0.2, 0) is 0 Å². The molecule has 13 heavy (non-hydrogen) atoms. The van der Waals surface area contributed by atoms with Gasteiger partial charge in [-0.1, -0.05) is 12.1 Å². The molecular weight excluding hydrogens is 166 g/mol. The van der Waals surface area contributed by atoms with Crippen LogP contribution in [-0.4, -0.2) is 9.97 Å². The second kappa shape index (κ2) is 2.90. The molecule has 0 bridgehead atoms. The van der Waals surface area contributed by atoms with Gasteiger partial charge in [-0.05, 0) is 24.2 Å². The van der Waals surface area contributed by atoms with E-state index in [0.717, 1.165) is 5.52 Å². The minimum atomic E-state index is 0.165. The standard InChI is InChI=1S/C9H7N3O/c1-6-9(12-13)11-8-5-3-2-4-7(8)10-6/h2-5H,1H3. The molecule has 0 N–H and O–H groups in total. The third-order valence-electron chi connectivity index (χ3n) is 1.81. The number of fused-ring (bicyclic) bond motifs is 1. The van der Waals surface area contributed by atoms with Gasteiger partial charge in [-0.2, -0.15) is 0 Å². The molecule has 1 heterocycles. The van der Waals surface area contributed by atoms with Crippen LogP contribution in [0.5, 0.6) is 0 Å². The molecular formula is C9H7N3O. The average molecular weight is 173 g/mol. The fourth-order valence-corrected chi connectivity index (χ4v) is 1.17. The summed E-state index contributed by atoms with van der Waals surface area (Å²) < 4.78 is 0. The van der Waals surface area contributed by atoms with Crippen LogP contribution in [0.15, 0.2) is 29.4 Å². The first-order valence-electron chi connectivity index (χ1n) is 3.88. The number of nitroso groups, excluding NO2 is 1. The second-order valence-electron chi connectivity index (χ2n) is 2.71. The Morgan fingerprint density at radius 3 is 2.38 bits per heavy atom. The molecule has 0 spiro atoms. The lowest BCUT2D eigenvalue weighted by Gasteiger charge is -1.98. The fraction of sp³-hybridized carbons (Fsp3) is 0.111. The maximum Gasteiger partial charge on any atom is 0.218 e. The first-order chi connectivity index (χ1) is 6.31. The van der Waals surface area contributed by atoms with E-state index < -0.39 is 0 Å². The van der Waals surface area contributed by atoms with Crippen molar-refractivity contribution in [2.45, 2.75) is 6.92 Å². The van der Waals surface area contributed by atoms with Gasteiger partial charge in [0.25, 0.3) is 0 Å². The van der Waals surface area contributed by atoms with Gasteiger partial charge < -0.3 is 0 Å². The molecule has 0 unspecified atom stereocenters. The van der Waals surface area contributed by atoms with Crippen LogP contribution in [0.1, 0.15) is 5.69 Å². The minimum absolute atomic E-state index is 0.165. The number of para-hydroxylation sites is 2. The van der Waals surface area contributed by atoms with Gasteiger partial charge in [-0.3, -0.25) is 0 Å². The highest BCUT2D eigenvalue weighted by atomic mass is 16.3. The zero-order valence-electron chi connectivity index (χ0n) is 7.06. The zero-order chi connectivity index (χ0) is 9.26. The fourth-order valence-electron chi connectivity index (χ4n) is 1.17. The van der Waals surface area contributed by atoms with Gasteiger partial charge in [0.15, 0.2) is 0 Å². The minimum Gasteiger partial charge on any atom is -0.247 e. The Morgan fingerprint density at radius 1 is 1.15 bits per heavy atom. The Kier molecular flexibility index (Phi) is 1.73. The van der Waals surface area contributed by atoms with E-state index in [1.165, 1.54) is 0 Å². The summed E-state index contributed by atoms with van der Waals surface area (Å²) in [6.45, 7) is 1.72. The van der Waals surface area contributed by atoms with Crippen molar-refractivity contribution < 1.29 is 0 Å². The van der Waals surface area contributed by atoms with Crippen LogP contribution in [0.2, 0.25) is 0 Å². The lowest BCUT2D eigenvalue weighted by molar-refractivity contribution is 1.16. The van der Waals surface area contributed by atoms with Crippen molar-refractivity contribution in [1.29, 1.82) is 0 Å². The van der Waals surface area contributed by atoms with Crippen molar-refractivity contribution >= 4 is 16.9 Å². The molecule has 0 amide bonds. The second-order valence-corrected chi connectivity index (χ2v) is 2.71. The van der Waals surface area contributed by atoms with Crippen molar-refractivity contribution in [3.05, 3.63) is 34.9 Å². The van der Waals surface area contributed by atoms with Crippen molar-refractivity contribution in [3.8, 4) is 0 Å². The molecule has 0 fully saturated rings. The summed E-state index contributed by atoms with van der Waals surface area (Å²) in [7, 11) is 0. The van der Waals surface area contributed by atoms with E-state index in [1.54, 1.807) is 13.0 Å². The van der Waals surface area contributed by atoms with Crippen molar-refractivity contribution in [3.63, 3.8) is 0 Å². The Bertz CT molecular complexity index is 467. The average Bonchev–Trinajstić information content (AvgIpc) is 2.17. The quantitative estimate of drug-likeness (QED) is 0.622. The number of aryl methyl sites for hydroxylation is 1. The SMILES string of the molecule is Cc1nc2ccccc2nc1N=O. The molecule has 0 aliphatic heterocycles. The van der Waals surface area contributed by atoms with Gasteiger partial charge in [0.2, 0.25) is 5.82 Å². The molecule has 0 saturated carbocycles. The van der Waals surface area contributed by atoms with E-state index in [2.05, 4.69) is 15.1 Å². The lowest BCUT2D eigenvalue weighted by atomic mass is 10.3. The Balaban J connectivity index is 2.81. The van der Waals surface area contributed by atoms with Gasteiger partial charge in [0.05, 0.1) is 16.7 Å². The number of hydrogen-bond donors (Lipinski definition) is 0. The molecule has 1 aromatic carbocycles. The lowest BCUT2D eigenvalue weighted by Crippen LogP contribution is -1.87. The molecule has 0 radical (unpaired) electrons. The van der Waals surface area contributed by atoms with Gasteiger partial charge in [-0.25, -0.2) is 9.97 Å². The highest BCUT2D eigenvalue weighted by Crippen LogP contribution is 2.17. The smallest absolute Gasteiger partial charge is 0.218 e. The van der Waals surface area contributed by atoms with E-state index in [9.17, 15) is 4.91 Å². The largest absolute Gasteiger partial charge is 0.247 e. The van der Waals surface area contributed by atoms with E-state index in [-0.39, 0.29) is 5.82 Å². The Labute approximate surface area is 74.6 Å². The molecule has 2 rings (SSSR count). The third kappa shape index (κ3) is 1.26. The Morgan fingerprint density at radius 2 is 1.77 bits per heavy atom. The van der Waals surface area contributed by atoms with Gasteiger partial charge >= 0.3 is 0 Å². The molecule has 1 aromatic heterocycles. The van der Waals surface area contributed by atoms with Gasteiger partial charge in [-0.15, -0.1) is 4.91 Å². The molecule has 64 valence electrons. The van der Waals surface area contributed by atoms with Crippen molar-refractivity contribution in [2.24, 2.45) is 5.18 Å². The van der Waals surface area contributed by atoms with Crippen LogP contribution in [0.25, 0.3) is 11.0 Å². The predicted molar refractivity (Wildman–Crippen MR) is 49.7 cm³/mol.